The molecule has 1 aliphatic rings. The van der Waals surface area contributed by atoms with Crippen molar-refractivity contribution in [3.05, 3.63) is 0 Å². The molecule has 0 aromatic rings. The van der Waals surface area contributed by atoms with Crippen molar-refractivity contribution in [2.24, 2.45) is 0 Å². The van der Waals surface area contributed by atoms with Crippen molar-refractivity contribution in [1.29, 1.82) is 0 Å². The number of alkyl halides is 1. The van der Waals surface area contributed by atoms with Crippen molar-refractivity contribution < 1.29 is 4.39 Å². The molecule has 1 fully saturated rings. The van der Waals surface area contributed by atoms with Crippen LogP contribution >= 0.6 is 0 Å². The standard InChI is InChI=1S/C9H19FN2/c1-7(2)12(3)6-9-4-8(10)5-11-9/h7-9,11H,4-6H2,1-3H3. The molecule has 0 amide bonds. The topological polar surface area (TPSA) is 15.3 Å². The highest BCUT2D eigenvalue weighted by Crippen LogP contribution is 2.11. The summed E-state index contributed by atoms with van der Waals surface area (Å²) in [5.74, 6) is 0. The Hall–Kier alpha value is -0.150. The third-order valence-electron chi connectivity index (χ3n) is 2.56. The number of nitrogens with zero attached hydrogens (tertiary/aromatic N) is 1. The van der Waals surface area contributed by atoms with Gasteiger partial charge in [-0.25, -0.2) is 4.39 Å². The predicted molar refractivity (Wildman–Crippen MR) is 49.1 cm³/mol. The minimum absolute atomic E-state index is 0.354. The molecule has 3 heteroatoms. The third-order valence-corrected chi connectivity index (χ3v) is 2.56. The van der Waals surface area contributed by atoms with Crippen molar-refractivity contribution in [3.63, 3.8) is 0 Å². The Morgan fingerprint density at radius 2 is 2.25 bits per heavy atom. The molecule has 0 aromatic heterocycles. The fourth-order valence-electron chi connectivity index (χ4n) is 1.47. The van der Waals surface area contributed by atoms with E-state index in [4.69, 9.17) is 0 Å². The number of nitrogens with one attached hydrogen (secondary N) is 1. The van der Waals surface area contributed by atoms with Gasteiger partial charge in [-0.2, -0.15) is 0 Å². The van der Waals surface area contributed by atoms with E-state index in [9.17, 15) is 4.39 Å². The van der Waals surface area contributed by atoms with Gasteiger partial charge < -0.3 is 10.2 Å². The van der Waals surface area contributed by atoms with Crippen molar-refractivity contribution in [2.75, 3.05) is 20.1 Å². The van der Waals surface area contributed by atoms with E-state index in [1.54, 1.807) is 0 Å². The van der Waals surface area contributed by atoms with Crippen LogP contribution in [-0.2, 0) is 0 Å². The molecule has 0 aliphatic carbocycles. The first-order valence-electron chi connectivity index (χ1n) is 4.67. The highest BCUT2D eigenvalue weighted by molar-refractivity contribution is 4.83. The maximum absolute atomic E-state index is 12.7. The summed E-state index contributed by atoms with van der Waals surface area (Å²) in [6.07, 6.45) is 0.0485. The van der Waals surface area contributed by atoms with E-state index in [0.29, 0.717) is 25.0 Å². The van der Waals surface area contributed by atoms with Crippen molar-refractivity contribution in [3.8, 4) is 0 Å². The highest BCUT2D eigenvalue weighted by Gasteiger charge is 2.24. The SMILES string of the molecule is CC(C)N(C)CC1CC(F)CN1. The number of hydrogen-bond acceptors (Lipinski definition) is 2. The van der Waals surface area contributed by atoms with Gasteiger partial charge in [0, 0.05) is 25.2 Å². The molecule has 0 aromatic carbocycles. The Balaban J connectivity index is 2.23. The molecule has 0 saturated carbocycles. The first-order valence-corrected chi connectivity index (χ1v) is 4.67. The van der Waals surface area contributed by atoms with Gasteiger partial charge in [0.25, 0.3) is 0 Å². The summed E-state index contributed by atoms with van der Waals surface area (Å²) in [6, 6.07) is 0.901. The van der Waals surface area contributed by atoms with Crippen LogP contribution in [0.5, 0.6) is 0 Å². The average Bonchev–Trinajstić information content (AvgIpc) is 2.35. The van der Waals surface area contributed by atoms with E-state index >= 15 is 0 Å². The largest absolute Gasteiger partial charge is 0.310 e. The second-order valence-electron chi connectivity index (χ2n) is 3.97. The Kier molecular flexibility index (Phi) is 3.47. The van der Waals surface area contributed by atoms with Crippen LogP contribution in [-0.4, -0.2) is 43.3 Å². The van der Waals surface area contributed by atoms with Gasteiger partial charge >= 0.3 is 0 Å². The summed E-state index contributed by atoms with van der Waals surface area (Å²) in [5, 5.41) is 3.18. The van der Waals surface area contributed by atoms with Crippen molar-refractivity contribution in [2.45, 2.75) is 38.5 Å². The van der Waals surface area contributed by atoms with Gasteiger partial charge in [-0.1, -0.05) is 0 Å². The van der Waals surface area contributed by atoms with E-state index in [2.05, 4.69) is 31.1 Å². The summed E-state index contributed by atoms with van der Waals surface area (Å²) in [7, 11) is 2.08. The summed E-state index contributed by atoms with van der Waals surface area (Å²) >= 11 is 0. The summed E-state index contributed by atoms with van der Waals surface area (Å²) in [6.45, 7) is 5.80. The lowest BCUT2D eigenvalue weighted by molar-refractivity contribution is 0.244. The van der Waals surface area contributed by atoms with Gasteiger partial charge in [0.05, 0.1) is 0 Å². The molecule has 2 nitrogen and oxygen atoms in total. The second kappa shape index (κ2) is 4.19. The maximum atomic E-state index is 12.7. The third kappa shape index (κ3) is 2.72. The Bertz CT molecular complexity index is 138. The second-order valence-corrected chi connectivity index (χ2v) is 3.97. The van der Waals surface area contributed by atoms with Crippen LogP contribution in [0.15, 0.2) is 0 Å². The van der Waals surface area contributed by atoms with E-state index in [1.807, 2.05) is 0 Å². The molecule has 0 bridgehead atoms. The lowest BCUT2D eigenvalue weighted by Crippen LogP contribution is -2.38. The van der Waals surface area contributed by atoms with E-state index in [-0.39, 0.29) is 0 Å². The monoisotopic (exact) mass is 174 g/mol. The lowest BCUT2D eigenvalue weighted by Gasteiger charge is -2.24. The van der Waals surface area contributed by atoms with Crippen LogP contribution in [0.25, 0.3) is 0 Å². The smallest absolute Gasteiger partial charge is 0.114 e. The zero-order chi connectivity index (χ0) is 9.14. The normalized spacial score (nSPS) is 30.5. The summed E-state index contributed by atoms with van der Waals surface area (Å²) < 4.78 is 12.7. The van der Waals surface area contributed by atoms with E-state index in [1.165, 1.54) is 0 Å². The fraction of sp³-hybridized carbons (Fsp3) is 1.00. The predicted octanol–water partition coefficient (Wildman–Crippen LogP) is 1.03. The van der Waals surface area contributed by atoms with Gasteiger partial charge in [-0.15, -0.1) is 0 Å². The first-order chi connectivity index (χ1) is 5.59. The molecule has 1 aliphatic heterocycles. The lowest BCUT2D eigenvalue weighted by atomic mass is 10.2. The van der Waals surface area contributed by atoms with Crippen LogP contribution in [0.2, 0.25) is 0 Å². The summed E-state index contributed by atoms with van der Waals surface area (Å²) in [5.41, 5.74) is 0. The molecule has 1 rings (SSSR count). The van der Waals surface area contributed by atoms with E-state index in [0.717, 1.165) is 6.54 Å². The average molecular weight is 174 g/mol. The first kappa shape index (κ1) is 9.93. The Morgan fingerprint density at radius 1 is 1.58 bits per heavy atom. The molecule has 2 atom stereocenters. The van der Waals surface area contributed by atoms with Gasteiger partial charge in [-0.3, -0.25) is 0 Å². The van der Waals surface area contributed by atoms with E-state index < -0.39 is 6.17 Å². The van der Waals surface area contributed by atoms with Crippen molar-refractivity contribution in [1.82, 2.24) is 10.2 Å². The molecule has 0 spiro atoms. The summed E-state index contributed by atoms with van der Waals surface area (Å²) in [4.78, 5) is 2.25. The number of hydrogen-bond donors (Lipinski definition) is 1. The number of rotatable bonds is 3. The zero-order valence-corrected chi connectivity index (χ0v) is 8.18. The number of likely N-dealkylation sites (N-methyl/N-ethyl adjacent to an activating group) is 1. The molecule has 1 saturated heterocycles. The highest BCUT2D eigenvalue weighted by atomic mass is 19.1. The van der Waals surface area contributed by atoms with Crippen LogP contribution in [0.1, 0.15) is 20.3 Å². The van der Waals surface area contributed by atoms with Crippen LogP contribution in [0.3, 0.4) is 0 Å². The molecular formula is C9H19FN2. The molecule has 12 heavy (non-hydrogen) atoms. The van der Waals surface area contributed by atoms with Crippen LogP contribution < -0.4 is 5.32 Å². The minimum atomic E-state index is -0.629. The molecular weight excluding hydrogens is 155 g/mol. The maximum Gasteiger partial charge on any atom is 0.114 e. The van der Waals surface area contributed by atoms with Gasteiger partial charge in [0.2, 0.25) is 0 Å². The molecule has 2 unspecified atom stereocenters. The number of halogens is 1. The zero-order valence-electron chi connectivity index (χ0n) is 8.18. The van der Waals surface area contributed by atoms with Gasteiger partial charge in [0.1, 0.15) is 6.17 Å². The van der Waals surface area contributed by atoms with Gasteiger partial charge in [-0.05, 0) is 27.3 Å². The molecule has 0 radical (unpaired) electrons. The van der Waals surface area contributed by atoms with Crippen LogP contribution in [0, 0.1) is 0 Å². The van der Waals surface area contributed by atoms with Crippen LogP contribution in [0.4, 0.5) is 4.39 Å². The molecule has 1 N–H and O–H groups in total. The minimum Gasteiger partial charge on any atom is -0.310 e. The molecule has 72 valence electrons. The Morgan fingerprint density at radius 3 is 2.67 bits per heavy atom. The van der Waals surface area contributed by atoms with Gasteiger partial charge in [0.15, 0.2) is 0 Å². The fourth-order valence-corrected chi connectivity index (χ4v) is 1.47. The quantitative estimate of drug-likeness (QED) is 0.687. The Labute approximate surface area is 74.1 Å². The van der Waals surface area contributed by atoms with Crippen molar-refractivity contribution >= 4 is 0 Å². The molecule has 1 heterocycles.